The third-order valence-corrected chi connectivity index (χ3v) is 3.30. The zero-order valence-corrected chi connectivity index (χ0v) is 11.6. The molecule has 1 aromatic heterocycles. The Morgan fingerprint density at radius 1 is 1.26 bits per heavy atom. The second-order valence-electron chi connectivity index (χ2n) is 4.66. The molecular formula is C15H17NO3. The van der Waals surface area contributed by atoms with Crippen LogP contribution in [0.3, 0.4) is 0 Å². The van der Waals surface area contributed by atoms with Crippen LogP contribution in [-0.2, 0) is 11.8 Å². The molecule has 0 radical (unpaired) electrons. The minimum Gasteiger partial charge on any atom is -0.462 e. The van der Waals surface area contributed by atoms with Crippen LogP contribution in [0.15, 0.2) is 23.1 Å². The van der Waals surface area contributed by atoms with E-state index in [1.807, 2.05) is 33.0 Å². The topological polar surface area (TPSA) is 48.3 Å². The molecule has 1 aromatic carbocycles. The number of hydrogen-bond acceptors (Lipinski definition) is 3. The number of carbonyl (C=O) groups excluding carboxylic acids is 1. The fourth-order valence-electron chi connectivity index (χ4n) is 2.10. The third-order valence-electron chi connectivity index (χ3n) is 3.30. The van der Waals surface area contributed by atoms with Crippen molar-refractivity contribution in [2.24, 2.45) is 7.05 Å². The van der Waals surface area contributed by atoms with E-state index in [1.54, 1.807) is 11.5 Å². The van der Waals surface area contributed by atoms with E-state index < -0.39 is 5.97 Å². The molecular weight excluding hydrogens is 242 g/mol. The van der Waals surface area contributed by atoms with E-state index in [9.17, 15) is 9.59 Å². The van der Waals surface area contributed by atoms with Gasteiger partial charge in [-0.15, -0.1) is 0 Å². The van der Waals surface area contributed by atoms with Gasteiger partial charge in [0.2, 0.25) is 5.43 Å². The smallest absolute Gasteiger partial charge is 0.343 e. The first kappa shape index (κ1) is 13.3. The molecule has 2 aromatic rings. The molecule has 0 fully saturated rings. The molecule has 0 spiro atoms. The first-order chi connectivity index (χ1) is 8.95. The van der Waals surface area contributed by atoms with E-state index in [1.165, 1.54) is 6.20 Å². The maximum absolute atomic E-state index is 12.3. The highest BCUT2D eigenvalue weighted by Gasteiger charge is 2.15. The van der Waals surface area contributed by atoms with Crippen LogP contribution in [-0.4, -0.2) is 17.1 Å². The lowest BCUT2D eigenvalue weighted by molar-refractivity contribution is 0.0524. The van der Waals surface area contributed by atoms with Gasteiger partial charge in [0.05, 0.1) is 12.1 Å². The second-order valence-corrected chi connectivity index (χ2v) is 4.66. The van der Waals surface area contributed by atoms with Gasteiger partial charge < -0.3 is 9.30 Å². The average Bonchev–Trinajstić information content (AvgIpc) is 2.36. The third kappa shape index (κ3) is 2.26. The van der Waals surface area contributed by atoms with Crippen LogP contribution in [0.25, 0.3) is 10.9 Å². The number of esters is 1. The van der Waals surface area contributed by atoms with E-state index in [0.29, 0.717) is 5.39 Å². The van der Waals surface area contributed by atoms with E-state index in [4.69, 9.17) is 4.74 Å². The summed E-state index contributed by atoms with van der Waals surface area (Å²) in [5.41, 5.74) is 2.79. The maximum Gasteiger partial charge on any atom is 0.343 e. The van der Waals surface area contributed by atoms with Gasteiger partial charge in [0.1, 0.15) is 5.56 Å². The zero-order chi connectivity index (χ0) is 14.2. The molecule has 0 aliphatic rings. The number of nitrogens with zero attached hydrogens (tertiary/aromatic N) is 1. The number of pyridine rings is 1. The van der Waals surface area contributed by atoms with Gasteiger partial charge in [-0.2, -0.15) is 0 Å². The van der Waals surface area contributed by atoms with Crippen LogP contribution in [0.5, 0.6) is 0 Å². The molecule has 0 amide bonds. The Balaban J connectivity index is 2.78. The van der Waals surface area contributed by atoms with Crippen molar-refractivity contribution in [3.05, 3.63) is 45.2 Å². The van der Waals surface area contributed by atoms with Gasteiger partial charge in [-0.3, -0.25) is 4.79 Å². The van der Waals surface area contributed by atoms with Gasteiger partial charge in [0.25, 0.3) is 0 Å². The predicted octanol–water partition coefficient (Wildman–Crippen LogP) is 2.33. The Bertz CT molecular complexity index is 713. The Labute approximate surface area is 111 Å². The molecule has 100 valence electrons. The fourth-order valence-corrected chi connectivity index (χ4v) is 2.10. The van der Waals surface area contributed by atoms with Crippen molar-refractivity contribution in [3.8, 4) is 0 Å². The van der Waals surface area contributed by atoms with Crippen molar-refractivity contribution in [2.45, 2.75) is 20.8 Å². The monoisotopic (exact) mass is 259 g/mol. The SMILES string of the molecule is CCOC(=O)c1cn(C)c2cc(C)c(C)cc2c1=O. The van der Waals surface area contributed by atoms with Gasteiger partial charge in [-0.1, -0.05) is 0 Å². The van der Waals surface area contributed by atoms with Crippen molar-refractivity contribution < 1.29 is 9.53 Å². The molecule has 0 atom stereocenters. The van der Waals surface area contributed by atoms with E-state index >= 15 is 0 Å². The van der Waals surface area contributed by atoms with Crippen molar-refractivity contribution in [3.63, 3.8) is 0 Å². The fraction of sp³-hybridized carbons (Fsp3) is 0.333. The molecule has 0 aliphatic carbocycles. The zero-order valence-electron chi connectivity index (χ0n) is 11.6. The van der Waals surface area contributed by atoms with Gasteiger partial charge >= 0.3 is 5.97 Å². The number of hydrogen-bond donors (Lipinski definition) is 0. The highest BCUT2D eigenvalue weighted by molar-refractivity contribution is 5.94. The predicted molar refractivity (Wildman–Crippen MR) is 74.6 cm³/mol. The van der Waals surface area contributed by atoms with Crippen LogP contribution in [0.4, 0.5) is 0 Å². The Hall–Kier alpha value is -2.10. The number of rotatable bonds is 2. The summed E-state index contributed by atoms with van der Waals surface area (Å²) in [5, 5.41) is 0.552. The number of carbonyl (C=O) groups is 1. The lowest BCUT2D eigenvalue weighted by atomic mass is 10.0. The van der Waals surface area contributed by atoms with Crippen molar-refractivity contribution in [2.75, 3.05) is 6.61 Å². The summed E-state index contributed by atoms with van der Waals surface area (Å²) in [4.78, 5) is 24.1. The summed E-state index contributed by atoms with van der Waals surface area (Å²) in [7, 11) is 1.82. The second kappa shape index (κ2) is 4.88. The molecule has 0 N–H and O–H groups in total. The number of aryl methyl sites for hydroxylation is 3. The summed E-state index contributed by atoms with van der Waals surface area (Å²) in [6.45, 7) is 5.92. The summed E-state index contributed by atoms with van der Waals surface area (Å²) in [6.07, 6.45) is 1.54. The highest BCUT2D eigenvalue weighted by Crippen LogP contribution is 2.17. The maximum atomic E-state index is 12.3. The van der Waals surface area contributed by atoms with Gasteiger partial charge in [-0.25, -0.2) is 4.79 Å². The molecule has 0 saturated carbocycles. The molecule has 0 saturated heterocycles. The number of ether oxygens (including phenoxy) is 1. The van der Waals surface area contributed by atoms with E-state index in [-0.39, 0.29) is 17.6 Å². The van der Waals surface area contributed by atoms with Crippen LogP contribution in [0.2, 0.25) is 0 Å². The van der Waals surface area contributed by atoms with Crippen LogP contribution < -0.4 is 5.43 Å². The normalized spacial score (nSPS) is 10.7. The Kier molecular flexibility index (Phi) is 3.42. The molecule has 0 unspecified atom stereocenters. The molecule has 4 nitrogen and oxygen atoms in total. The average molecular weight is 259 g/mol. The van der Waals surface area contributed by atoms with E-state index in [0.717, 1.165) is 16.6 Å². The summed E-state index contributed by atoms with van der Waals surface area (Å²) < 4.78 is 6.70. The Morgan fingerprint density at radius 3 is 2.53 bits per heavy atom. The van der Waals surface area contributed by atoms with Crippen molar-refractivity contribution in [1.82, 2.24) is 4.57 Å². The first-order valence-electron chi connectivity index (χ1n) is 6.23. The number of aromatic nitrogens is 1. The van der Waals surface area contributed by atoms with Gasteiger partial charge in [-0.05, 0) is 44.0 Å². The quantitative estimate of drug-likeness (QED) is 0.778. The molecule has 1 heterocycles. The number of benzene rings is 1. The van der Waals surface area contributed by atoms with Gasteiger partial charge in [0.15, 0.2) is 0 Å². The molecule has 4 heteroatoms. The standard InChI is InChI=1S/C15H17NO3/c1-5-19-15(18)12-8-16(4)13-7-10(3)9(2)6-11(13)14(12)17/h6-8H,5H2,1-4H3. The largest absolute Gasteiger partial charge is 0.462 e. The number of fused-ring (bicyclic) bond motifs is 1. The minimum absolute atomic E-state index is 0.0834. The Morgan fingerprint density at radius 2 is 1.89 bits per heavy atom. The molecule has 2 rings (SSSR count). The van der Waals surface area contributed by atoms with Crippen LogP contribution >= 0.6 is 0 Å². The molecule has 19 heavy (non-hydrogen) atoms. The summed E-state index contributed by atoms with van der Waals surface area (Å²) in [6, 6.07) is 3.79. The van der Waals surface area contributed by atoms with Crippen LogP contribution in [0, 0.1) is 13.8 Å². The van der Waals surface area contributed by atoms with Crippen LogP contribution in [0.1, 0.15) is 28.4 Å². The van der Waals surface area contributed by atoms with Crippen molar-refractivity contribution >= 4 is 16.9 Å². The van der Waals surface area contributed by atoms with Crippen molar-refractivity contribution in [1.29, 1.82) is 0 Å². The summed E-state index contributed by atoms with van der Waals surface area (Å²) in [5.74, 6) is -0.566. The minimum atomic E-state index is -0.566. The first-order valence-corrected chi connectivity index (χ1v) is 6.23. The van der Waals surface area contributed by atoms with Gasteiger partial charge in [0, 0.05) is 18.6 Å². The highest BCUT2D eigenvalue weighted by atomic mass is 16.5. The molecule has 0 bridgehead atoms. The van der Waals surface area contributed by atoms with E-state index in [2.05, 4.69) is 0 Å². The molecule has 0 aliphatic heterocycles. The summed E-state index contributed by atoms with van der Waals surface area (Å²) >= 11 is 0. The lowest BCUT2D eigenvalue weighted by Crippen LogP contribution is -2.20. The lowest BCUT2D eigenvalue weighted by Gasteiger charge is -2.10.